The van der Waals surface area contributed by atoms with E-state index in [1.807, 2.05) is 36.5 Å². The molecule has 150 valence electrons. The topological polar surface area (TPSA) is 60.5 Å². The van der Waals surface area contributed by atoms with E-state index < -0.39 is 0 Å². The van der Waals surface area contributed by atoms with Crippen molar-refractivity contribution >= 4 is 35.2 Å². The van der Waals surface area contributed by atoms with Crippen LogP contribution in [0.1, 0.15) is 5.56 Å². The van der Waals surface area contributed by atoms with Crippen molar-refractivity contribution < 1.29 is 4.79 Å². The van der Waals surface area contributed by atoms with Crippen molar-refractivity contribution in [3.05, 3.63) is 53.2 Å². The summed E-state index contributed by atoms with van der Waals surface area (Å²) in [6.07, 6.45) is 1.81. The van der Waals surface area contributed by atoms with E-state index in [1.54, 1.807) is 11.8 Å². The normalized spacial score (nSPS) is 14.7. The number of nitrogens with one attached hydrogen (secondary N) is 2. The second-order valence-electron chi connectivity index (χ2n) is 6.72. The van der Waals surface area contributed by atoms with Crippen LogP contribution in [-0.4, -0.2) is 61.4 Å². The Morgan fingerprint density at radius 1 is 1.14 bits per heavy atom. The smallest absolute Gasteiger partial charge is 0.315 e. The molecule has 2 aromatic rings. The number of amides is 2. The van der Waals surface area contributed by atoms with Crippen molar-refractivity contribution in [3.63, 3.8) is 0 Å². The summed E-state index contributed by atoms with van der Waals surface area (Å²) < 4.78 is 0. The molecule has 2 amide bonds. The van der Waals surface area contributed by atoms with Crippen molar-refractivity contribution in [2.45, 2.75) is 11.4 Å². The maximum Gasteiger partial charge on any atom is 0.315 e. The number of hydrogen-bond acceptors (Lipinski definition) is 5. The molecule has 6 nitrogen and oxygen atoms in total. The quantitative estimate of drug-likeness (QED) is 0.533. The van der Waals surface area contributed by atoms with Crippen LogP contribution in [-0.2, 0) is 6.54 Å². The second-order valence-corrected chi connectivity index (χ2v) is 8.33. The summed E-state index contributed by atoms with van der Waals surface area (Å²) in [5, 5.41) is 6.53. The number of benzene rings is 1. The minimum absolute atomic E-state index is 0.158. The number of pyridine rings is 1. The molecule has 3 rings (SSSR count). The lowest BCUT2D eigenvalue weighted by atomic mass is 10.2. The largest absolute Gasteiger partial charge is 0.354 e. The Labute approximate surface area is 175 Å². The highest BCUT2D eigenvalue weighted by Crippen LogP contribution is 2.19. The standard InChI is InChI=1S/C20H26ClN5OS/c1-25-9-11-26(12-10-25)19-14-16(6-7-22-19)15-24-20(27)23-8-13-28-18-4-2-17(21)3-5-18/h2-7,14H,8-13,15H2,1H3,(H2,23,24,27). The summed E-state index contributed by atoms with van der Waals surface area (Å²) in [4.78, 5) is 22.2. The number of aromatic nitrogens is 1. The summed E-state index contributed by atoms with van der Waals surface area (Å²) in [7, 11) is 2.14. The number of hydrogen-bond donors (Lipinski definition) is 2. The Bertz CT molecular complexity index is 765. The van der Waals surface area contributed by atoms with Crippen molar-refractivity contribution in [1.82, 2.24) is 20.5 Å². The number of carbonyl (C=O) groups is 1. The lowest BCUT2D eigenvalue weighted by Crippen LogP contribution is -2.44. The number of anilines is 1. The van der Waals surface area contributed by atoms with Crippen LogP contribution in [0.2, 0.25) is 5.02 Å². The van der Waals surface area contributed by atoms with Gasteiger partial charge in [-0.2, -0.15) is 0 Å². The molecule has 28 heavy (non-hydrogen) atoms. The SMILES string of the molecule is CN1CCN(c2cc(CNC(=O)NCCSc3ccc(Cl)cc3)ccn2)CC1. The second kappa shape index (κ2) is 10.5. The van der Waals surface area contributed by atoms with Crippen LogP contribution in [0.25, 0.3) is 0 Å². The fourth-order valence-electron chi connectivity index (χ4n) is 2.89. The zero-order chi connectivity index (χ0) is 19.8. The highest BCUT2D eigenvalue weighted by Gasteiger charge is 2.15. The zero-order valence-corrected chi connectivity index (χ0v) is 17.6. The van der Waals surface area contributed by atoms with Crippen LogP contribution in [0.5, 0.6) is 0 Å². The first kappa shape index (κ1) is 20.8. The van der Waals surface area contributed by atoms with E-state index >= 15 is 0 Å². The highest BCUT2D eigenvalue weighted by molar-refractivity contribution is 7.99. The van der Waals surface area contributed by atoms with Gasteiger partial charge in [-0.15, -0.1) is 11.8 Å². The molecule has 0 atom stereocenters. The molecule has 2 N–H and O–H groups in total. The fraction of sp³-hybridized carbons (Fsp3) is 0.400. The molecule has 1 saturated heterocycles. The van der Waals surface area contributed by atoms with Gasteiger partial charge in [0.25, 0.3) is 0 Å². The van der Waals surface area contributed by atoms with Gasteiger partial charge in [-0.25, -0.2) is 9.78 Å². The van der Waals surface area contributed by atoms with E-state index in [0.29, 0.717) is 13.1 Å². The number of nitrogens with zero attached hydrogens (tertiary/aromatic N) is 3. The molecule has 1 aliphatic heterocycles. The molecule has 0 unspecified atom stereocenters. The van der Waals surface area contributed by atoms with Crippen molar-refractivity contribution in [2.24, 2.45) is 0 Å². The van der Waals surface area contributed by atoms with Crippen LogP contribution >= 0.6 is 23.4 Å². The molecule has 0 saturated carbocycles. The van der Waals surface area contributed by atoms with Crippen LogP contribution in [0.15, 0.2) is 47.5 Å². The molecule has 0 aliphatic carbocycles. The van der Waals surface area contributed by atoms with E-state index in [1.165, 1.54) is 0 Å². The van der Waals surface area contributed by atoms with Gasteiger partial charge >= 0.3 is 6.03 Å². The number of piperazine rings is 1. The average Bonchev–Trinajstić information content (AvgIpc) is 2.72. The summed E-state index contributed by atoms with van der Waals surface area (Å²) in [6, 6.07) is 11.5. The Balaban J connectivity index is 1.37. The lowest BCUT2D eigenvalue weighted by Gasteiger charge is -2.33. The first-order valence-electron chi connectivity index (χ1n) is 9.38. The van der Waals surface area contributed by atoms with Gasteiger partial charge in [0.2, 0.25) is 0 Å². The van der Waals surface area contributed by atoms with E-state index in [-0.39, 0.29) is 6.03 Å². The number of likely N-dealkylation sites (N-methyl/N-ethyl adjacent to an activating group) is 1. The van der Waals surface area contributed by atoms with Crippen LogP contribution in [0, 0.1) is 0 Å². The Morgan fingerprint density at radius 3 is 2.64 bits per heavy atom. The third-order valence-corrected chi connectivity index (χ3v) is 5.83. The molecular weight excluding hydrogens is 394 g/mol. The van der Waals surface area contributed by atoms with Crippen molar-refractivity contribution in [2.75, 3.05) is 50.4 Å². The molecule has 1 aliphatic rings. The third kappa shape index (κ3) is 6.58. The number of thioether (sulfide) groups is 1. The Hall–Kier alpha value is -1.96. The minimum atomic E-state index is -0.158. The molecule has 1 fully saturated rings. The van der Waals surface area contributed by atoms with Gasteiger partial charge in [0.1, 0.15) is 5.82 Å². The molecule has 0 radical (unpaired) electrons. The van der Waals surface area contributed by atoms with Crippen LogP contribution in [0.4, 0.5) is 10.6 Å². The number of rotatable bonds is 7. The van der Waals surface area contributed by atoms with E-state index in [4.69, 9.17) is 11.6 Å². The predicted octanol–water partition coefficient (Wildman–Crippen LogP) is 3.08. The molecule has 1 aromatic carbocycles. The minimum Gasteiger partial charge on any atom is -0.354 e. The molecule has 2 heterocycles. The van der Waals surface area contributed by atoms with Crippen LogP contribution in [0.3, 0.4) is 0 Å². The van der Waals surface area contributed by atoms with E-state index in [0.717, 1.165) is 53.2 Å². The molecule has 0 spiro atoms. The maximum absolute atomic E-state index is 12.0. The first-order valence-corrected chi connectivity index (χ1v) is 10.7. The van der Waals surface area contributed by atoms with E-state index in [2.05, 4.69) is 38.5 Å². The van der Waals surface area contributed by atoms with Crippen molar-refractivity contribution in [3.8, 4) is 0 Å². The van der Waals surface area contributed by atoms with Gasteiger partial charge in [0.05, 0.1) is 0 Å². The average molecular weight is 420 g/mol. The van der Waals surface area contributed by atoms with Crippen LogP contribution < -0.4 is 15.5 Å². The molecule has 1 aromatic heterocycles. The number of carbonyl (C=O) groups excluding carboxylic acids is 1. The molecule has 8 heteroatoms. The summed E-state index contributed by atoms with van der Waals surface area (Å²) in [5.41, 5.74) is 1.05. The van der Waals surface area contributed by atoms with Gasteiger partial charge in [-0.1, -0.05) is 11.6 Å². The Kier molecular flexibility index (Phi) is 7.82. The monoisotopic (exact) mass is 419 g/mol. The number of halogens is 1. The lowest BCUT2D eigenvalue weighted by molar-refractivity contribution is 0.241. The number of urea groups is 1. The third-order valence-electron chi connectivity index (χ3n) is 4.56. The highest BCUT2D eigenvalue weighted by atomic mass is 35.5. The fourth-order valence-corrected chi connectivity index (χ4v) is 3.78. The van der Waals surface area contributed by atoms with Gasteiger partial charge in [0.15, 0.2) is 0 Å². The van der Waals surface area contributed by atoms with Gasteiger partial charge in [-0.05, 0) is 49.0 Å². The zero-order valence-electron chi connectivity index (χ0n) is 16.0. The summed E-state index contributed by atoms with van der Waals surface area (Å²) >= 11 is 7.56. The predicted molar refractivity (Wildman–Crippen MR) is 116 cm³/mol. The molecular formula is C20H26ClN5OS. The van der Waals surface area contributed by atoms with Gasteiger partial charge in [0, 0.05) is 61.1 Å². The summed E-state index contributed by atoms with van der Waals surface area (Å²) in [5.74, 6) is 1.78. The Morgan fingerprint density at radius 2 is 1.89 bits per heavy atom. The maximum atomic E-state index is 12.0. The molecule has 0 bridgehead atoms. The van der Waals surface area contributed by atoms with Gasteiger partial charge in [-0.3, -0.25) is 0 Å². The first-order chi connectivity index (χ1) is 13.6. The summed E-state index contributed by atoms with van der Waals surface area (Å²) in [6.45, 7) is 5.13. The van der Waals surface area contributed by atoms with Crippen molar-refractivity contribution in [1.29, 1.82) is 0 Å². The van der Waals surface area contributed by atoms with E-state index in [9.17, 15) is 4.79 Å². The van der Waals surface area contributed by atoms with Gasteiger partial charge < -0.3 is 20.4 Å².